The molecular formula is C17H18ClF4N. The van der Waals surface area contributed by atoms with Crippen molar-refractivity contribution in [3.8, 4) is 0 Å². The van der Waals surface area contributed by atoms with Crippen LogP contribution in [0, 0.1) is 0 Å². The number of hydrogen-bond donors (Lipinski definition) is 1. The number of nitrogens with two attached hydrogens (primary N) is 1. The fourth-order valence-electron chi connectivity index (χ4n) is 2.12. The molecule has 0 aliphatic carbocycles. The predicted octanol–water partition coefficient (Wildman–Crippen LogP) is 5.19. The highest BCUT2D eigenvalue weighted by Crippen LogP contribution is 2.49. The molecule has 126 valence electrons. The molecular weight excluding hydrogens is 330 g/mol. The maximum absolute atomic E-state index is 14.3. The Kier molecular flexibility index (Phi) is 5.49. The van der Waals surface area contributed by atoms with Crippen LogP contribution in [0.25, 0.3) is 0 Å². The van der Waals surface area contributed by atoms with Gasteiger partial charge >= 0.3 is 11.8 Å². The molecule has 0 amide bonds. The van der Waals surface area contributed by atoms with Crippen molar-refractivity contribution in [3.05, 3.63) is 71.3 Å². The van der Waals surface area contributed by atoms with Crippen LogP contribution in [0.5, 0.6) is 0 Å². The number of rotatable bonds is 4. The minimum absolute atomic E-state index is 0. The van der Waals surface area contributed by atoms with Crippen molar-refractivity contribution < 1.29 is 17.6 Å². The first-order chi connectivity index (χ1) is 10.1. The third-order valence-corrected chi connectivity index (χ3v) is 3.52. The maximum Gasteiger partial charge on any atom is 0.339 e. The predicted molar refractivity (Wildman–Crippen MR) is 85.1 cm³/mol. The molecule has 0 saturated heterocycles. The van der Waals surface area contributed by atoms with Crippen molar-refractivity contribution in [3.63, 3.8) is 0 Å². The van der Waals surface area contributed by atoms with E-state index in [1.54, 1.807) is 13.8 Å². The summed E-state index contributed by atoms with van der Waals surface area (Å²) in [6.45, 7) is 3.41. The Labute approximate surface area is 138 Å². The van der Waals surface area contributed by atoms with Gasteiger partial charge in [0.25, 0.3) is 0 Å². The van der Waals surface area contributed by atoms with Crippen molar-refractivity contribution >= 4 is 12.4 Å². The molecule has 0 spiro atoms. The average Bonchev–Trinajstić information content (AvgIpc) is 2.47. The minimum Gasteiger partial charge on any atom is -0.322 e. The number of hydrogen-bond acceptors (Lipinski definition) is 1. The first-order valence-electron chi connectivity index (χ1n) is 6.78. The zero-order valence-electron chi connectivity index (χ0n) is 12.7. The van der Waals surface area contributed by atoms with Crippen LogP contribution in [0.2, 0.25) is 0 Å². The van der Waals surface area contributed by atoms with Crippen LogP contribution in [0.4, 0.5) is 17.6 Å². The fraction of sp³-hybridized carbons (Fsp3) is 0.294. The Balaban J connectivity index is 0.00000264. The molecule has 0 radical (unpaired) electrons. The molecule has 0 heterocycles. The van der Waals surface area contributed by atoms with Crippen molar-refractivity contribution in [1.82, 2.24) is 0 Å². The quantitative estimate of drug-likeness (QED) is 0.757. The fourth-order valence-corrected chi connectivity index (χ4v) is 2.12. The Hall–Kier alpha value is -1.59. The van der Waals surface area contributed by atoms with Gasteiger partial charge in [0.1, 0.15) is 0 Å². The molecule has 0 fully saturated rings. The van der Waals surface area contributed by atoms with Crippen LogP contribution in [0.15, 0.2) is 54.6 Å². The Bertz CT molecular complexity index is 634. The topological polar surface area (TPSA) is 26.0 Å². The first kappa shape index (κ1) is 19.5. The lowest BCUT2D eigenvalue weighted by Gasteiger charge is -2.28. The highest BCUT2D eigenvalue weighted by molar-refractivity contribution is 5.85. The zero-order chi connectivity index (χ0) is 16.6. The SMILES string of the molecule is CC(C)(N)c1ccc(C(F)(F)C(F)(F)c2ccccc2)cc1.Cl. The van der Waals surface area contributed by atoms with Gasteiger partial charge in [-0.1, -0.05) is 54.6 Å². The van der Waals surface area contributed by atoms with Crippen LogP contribution in [0.1, 0.15) is 30.5 Å². The van der Waals surface area contributed by atoms with E-state index in [1.165, 1.54) is 30.3 Å². The highest BCUT2D eigenvalue weighted by atomic mass is 35.5. The Morgan fingerprint density at radius 3 is 1.39 bits per heavy atom. The van der Waals surface area contributed by atoms with E-state index in [9.17, 15) is 17.6 Å². The van der Waals surface area contributed by atoms with Crippen molar-refractivity contribution in [1.29, 1.82) is 0 Å². The van der Waals surface area contributed by atoms with Crippen LogP contribution in [0.3, 0.4) is 0 Å². The molecule has 6 heteroatoms. The van der Waals surface area contributed by atoms with Crippen LogP contribution in [-0.2, 0) is 17.4 Å². The third-order valence-electron chi connectivity index (χ3n) is 3.52. The van der Waals surface area contributed by atoms with Gasteiger partial charge in [0.15, 0.2) is 0 Å². The van der Waals surface area contributed by atoms with Gasteiger partial charge in [-0.25, -0.2) is 0 Å². The molecule has 2 N–H and O–H groups in total. The molecule has 23 heavy (non-hydrogen) atoms. The van der Waals surface area contributed by atoms with Crippen molar-refractivity contribution in [2.75, 3.05) is 0 Å². The minimum atomic E-state index is -4.31. The Morgan fingerprint density at radius 2 is 1.00 bits per heavy atom. The molecule has 0 aliphatic heterocycles. The largest absolute Gasteiger partial charge is 0.339 e. The normalized spacial score (nSPS) is 12.7. The van der Waals surface area contributed by atoms with Gasteiger partial charge in [0, 0.05) is 16.7 Å². The van der Waals surface area contributed by atoms with Gasteiger partial charge in [0.05, 0.1) is 0 Å². The summed E-state index contributed by atoms with van der Waals surface area (Å²) < 4.78 is 56.9. The molecule has 2 aromatic carbocycles. The van der Waals surface area contributed by atoms with E-state index < -0.39 is 28.5 Å². The van der Waals surface area contributed by atoms with Crippen LogP contribution >= 0.6 is 12.4 Å². The average molecular weight is 348 g/mol. The smallest absolute Gasteiger partial charge is 0.322 e. The summed E-state index contributed by atoms with van der Waals surface area (Å²) in [5.41, 5.74) is 4.26. The molecule has 1 nitrogen and oxygen atoms in total. The van der Waals surface area contributed by atoms with E-state index in [0.717, 1.165) is 24.3 Å². The molecule has 2 aromatic rings. The summed E-state index contributed by atoms with van der Waals surface area (Å²) in [5, 5.41) is 0. The Morgan fingerprint density at radius 1 is 0.652 bits per heavy atom. The summed E-state index contributed by atoms with van der Waals surface area (Å²) in [4.78, 5) is 0. The maximum atomic E-state index is 14.3. The molecule has 0 unspecified atom stereocenters. The number of halogens is 5. The molecule has 2 rings (SSSR count). The summed E-state index contributed by atoms with van der Waals surface area (Å²) in [5.74, 6) is -8.61. The lowest BCUT2D eigenvalue weighted by molar-refractivity contribution is -0.223. The number of alkyl halides is 4. The van der Waals surface area contributed by atoms with E-state index >= 15 is 0 Å². The van der Waals surface area contributed by atoms with Gasteiger partial charge in [-0.15, -0.1) is 12.4 Å². The second-order valence-electron chi connectivity index (χ2n) is 5.81. The summed E-state index contributed by atoms with van der Waals surface area (Å²) >= 11 is 0. The molecule has 0 saturated carbocycles. The standard InChI is InChI=1S/C17H17F4N.ClH/c1-15(2,22)12-8-10-14(11-9-12)17(20,21)16(18,19)13-6-4-3-5-7-13;/h3-11H,22H2,1-2H3;1H. The van der Waals surface area contributed by atoms with E-state index in [2.05, 4.69) is 0 Å². The molecule has 0 aliphatic rings. The molecule has 0 bridgehead atoms. The summed E-state index contributed by atoms with van der Waals surface area (Å²) in [6, 6.07) is 10.8. The second kappa shape index (κ2) is 6.49. The van der Waals surface area contributed by atoms with Gasteiger partial charge in [-0.05, 0) is 19.4 Å². The monoisotopic (exact) mass is 347 g/mol. The van der Waals surface area contributed by atoms with E-state index in [4.69, 9.17) is 5.73 Å². The third kappa shape index (κ3) is 3.67. The first-order valence-corrected chi connectivity index (χ1v) is 6.78. The van der Waals surface area contributed by atoms with Gasteiger partial charge in [-0.2, -0.15) is 17.6 Å². The molecule has 0 atom stereocenters. The van der Waals surface area contributed by atoms with Crippen molar-refractivity contribution in [2.24, 2.45) is 5.73 Å². The van der Waals surface area contributed by atoms with Crippen LogP contribution < -0.4 is 5.73 Å². The van der Waals surface area contributed by atoms with Gasteiger partial charge < -0.3 is 5.73 Å². The van der Waals surface area contributed by atoms with Gasteiger partial charge in [0.2, 0.25) is 0 Å². The summed E-state index contributed by atoms with van der Waals surface area (Å²) in [7, 11) is 0. The van der Waals surface area contributed by atoms with Crippen LogP contribution in [-0.4, -0.2) is 0 Å². The second-order valence-corrected chi connectivity index (χ2v) is 5.81. The molecule has 0 aromatic heterocycles. The van der Waals surface area contributed by atoms with E-state index in [0.29, 0.717) is 5.56 Å². The van der Waals surface area contributed by atoms with E-state index in [1.807, 2.05) is 0 Å². The lowest BCUT2D eigenvalue weighted by Crippen LogP contribution is -2.36. The number of benzene rings is 2. The van der Waals surface area contributed by atoms with E-state index in [-0.39, 0.29) is 12.4 Å². The van der Waals surface area contributed by atoms with Gasteiger partial charge in [-0.3, -0.25) is 0 Å². The lowest BCUT2D eigenvalue weighted by atomic mass is 9.91. The van der Waals surface area contributed by atoms with Crippen molar-refractivity contribution in [2.45, 2.75) is 31.2 Å². The highest BCUT2D eigenvalue weighted by Gasteiger charge is 2.58. The zero-order valence-corrected chi connectivity index (χ0v) is 13.5. The summed E-state index contributed by atoms with van der Waals surface area (Å²) in [6.07, 6.45) is 0.